The minimum atomic E-state index is 0.432. The number of piperidine rings is 1. The lowest BCUT2D eigenvalue weighted by atomic mass is 9.93. The zero-order chi connectivity index (χ0) is 23.4. The maximum Gasteiger partial charge on any atom is 0.162 e. The SMILES string of the molecule is CC.COc1cc2c(cc1OC)C(NC1CCN(C3=CN(C)CC=C3)CC1)=C1CCCC1N2. The number of ether oxygens (including phenoxy) is 2. The average molecular weight is 453 g/mol. The summed E-state index contributed by atoms with van der Waals surface area (Å²) in [6, 6.07) is 5.14. The van der Waals surface area contributed by atoms with Crippen LogP contribution in [0.1, 0.15) is 51.5 Å². The highest BCUT2D eigenvalue weighted by Crippen LogP contribution is 2.44. The third kappa shape index (κ3) is 4.80. The number of likely N-dealkylation sites (N-methyl/N-ethyl adjacent to an activating group) is 1. The van der Waals surface area contributed by atoms with E-state index in [9.17, 15) is 0 Å². The van der Waals surface area contributed by atoms with E-state index in [-0.39, 0.29) is 0 Å². The number of likely N-dealkylation sites (tertiary alicyclic amines) is 1. The van der Waals surface area contributed by atoms with Crippen LogP contribution in [0.2, 0.25) is 0 Å². The van der Waals surface area contributed by atoms with E-state index in [0.717, 1.165) is 56.1 Å². The molecule has 3 heterocycles. The van der Waals surface area contributed by atoms with Crippen molar-refractivity contribution in [2.45, 2.75) is 58.0 Å². The molecule has 0 amide bonds. The second-order valence-corrected chi connectivity index (χ2v) is 9.04. The molecule has 4 aliphatic rings. The van der Waals surface area contributed by atoms with E-state index in [2.05, 4.69) is 58.0 Å². The third-order valence-electron chi connectivity index (χ3n) is 7.05. The first-order valence-electron chi connectivity index (χ1n) is 12.5. The Hall–Kier alpha value is -2.76. The number of nitrogens with one attached hydrogen (secondary N) is 2. The lowest BCUT2D eigenvalue weighted by Crippen LogP contribution is -2.43. The molecule has 6 heteroatoms. The van der Waals surface area contributed by atoms with Crippen LogP contribution in [0.4, 0.5) is 5.69 Å². The van der Waals surface area contributed by atoms with Crippen LogP contribution < -0.4 is 20.1 Å². The van der Waals surface area contributed by atoms with Crippen LogP contribution in [0.25, 0.3) is 5.70 Å². The molecule has 0 bridgehead atoms. The van der Waals surface area contributed by atoms with Gasteiger partial charge in [-0.15, -0.1) is 0 Å². The first kappa shape index (κ1) is 23.4. The quantitative estimate of drug-likeness (QED) is 0.668. The Bertz CT molecular complexity index is 928. The Morgan fingerprint density at radius 3 is 2.45 bits per heavy atom. The van der Waals surface area contributed by atoms with Crippen molar-refractivity contribution in [1.82, 2.24) is 15.1 Å². The van der Waals surface area contributed by atoms with Gasteiger partial charge in [-0.05, 0) is 49.8 Å². The lowest BCUT2D eigenvalue weighted by molar-refractivity contribution is 0.252. The van der Waals surface area contributed by atoms with E-state index in [1.165, 1.54) is 35.4 Å². The molecule has 0 spiro atoms. The summed E-state index contributed by atoms with van der Waals surface area (Å²) < 4.78 is 11.2. The summed E-state index contributed by atoms with van der Waals surface area (Å²) in [6.45, 7) is 7.18. The monoisotopic (exact) mass is 452 g/mol. The van der Waals surface area contributed by atoms with Gasteiger partial charge in [0.2, 0.25) is 0 Å². The molecule has 1 saturated carbocycles. The molecule has 0 aromatic heterocycles. The fourth-order valence-corrected chi connectivity index (χ4v) is 5.37. The molecule has 180 valence electrons. The fourth-order valence-electron chi connectivity index (χ4n) is 5.37. The summed E-state index contributed by atoms with van der Waals surface area (Å²) in [6.07, 6.45) is 12.7. The Morgan fingerprint density at radius 2 is 1.76 bits per heavy atom. The van der Waals surface area contributed by atoms with Crippen molar-refractivity contribution in [2.75, 3.05) is 46.2 Å². The van der Waals surface area contributed by atoms with E-state index in [0.29, 0.717) is 12.1 Å². The van der Waals surface area contributed by atoms with Crippen LogP contribution in [0.3, 0.4) is 0 Å². The molecule has 2 fully saturated rings. The number of methoxy groups -OCH3 is 2. The minimum absolute atomic E-state index is 0.432. The predicted octanol–water partition coefficient (Wildman–Crippen LogP) is 4.82. The van der Waals surface area contributed by atoms with Gasteiger partial charge in [-0.25, -0.2) is 0 Å². The summed E-state index contributed by atoms with van der Waals surface area (Å²) in [5.41, 5.74) is 6.56. The van der Waals surface area contributed by atoms with Gasteiger partial charge in [-0.1, -0.05) is 19.9 Å². The number of allylic oxidation sites excluding steroid dienone is 1. The maximum absolute atomic E-state index is 5.62. The number of benzene rings is 1. The summed E-state index contributed by atoms with van der Waals surface area (Å²) >= 11 is 0. The van der Waals surface area contributed by atoms with Crippen molar-refractivity contribution in [3.05, 3.63) is 47.3 Å². The van der Waals surface area contributed by atoms with Crippen molar-refractivity contribution < 1.29 is 9.47 Å². The number of fused-ring (bicyclic) bond motifs is 2. The first-order chi connectivity index (χ1) is 16.2. The van der Waals surface area contributed by atoms with Crippen molar-refractivity contribution in [3.63, 3.8) is 0 Å². The lowest BCUT2D eigenvalue weighted by Gasteiger charge is -2.38. The van der Waals surface area contributed by atoms with Crippen LogP contribution in [-0.4, -0.2) is 62.8 Å². The van der Waals surface area contributed by atoms with E-state index >= 15 is 0 Å². The summed E-state index contributed by atoms with van der Waals surface area (Å²) in [7, 11) is 5.55. The highest BCUT2D eigenvalue weighted by molar-refractivity contribution is 5.84. The Morgan fingerprint density at radius 1 is 1.03 bits per heavy atom. The second kappa shape index (κ2) is 10.4. The molecule has 1 aromatic rings. The van der Waals surface area contributed by atoms with Crippen LogP contribution in [-0.2, 0) is 0 Å². The molecular weight excluding hydrogens is 412 g/mol. The highest BCUT2D eigenvalue weighted by atomic mass is 16.5. The van der Waals surface area contributed by atoms with Crippen LogP contribution in [0.5, 0.6) is 11.5 Å². The molecule has 3 aliphatic heterocycles. The average Bonchev–Trinajstić information content (AvgIpc) is 3.33. The number of hydrogen-bond acceptors (Lipinski definition) is 6. The van der Waals surface area contributed by atoms with Gasteiger partial charge in [0.25, 0.3) is 0 Å². The van der Waals surface area contributed by atoms with Crippen LogP contribution in [0, 0.1) is 0 Å². The van der Waals surface area contributed by atoms with Gasteiger partial charge >= 0.3 is 0 Å². The molecule has 1 aromatic carbocycles. The highest BCUT2D eigenvalue weighted by Gasteiger charge is 2.33. The summed E-state index contributed by atoms with van der Waals surface area (Å²) in [5.74, 6) is 1.57. The Balaban J connectivity index is 0.00000126. The molecule has 5 rings (SSSR count). The third-order valence-corrected chi connectivity index (χ3v) is 7.05. The van der Waals surface area contributed by atoms with Gasteiger partial charge < -0.3 is 29.9 Å². The summed E-state index contributed by atoms with van der Waals surface area (Å²) in [5, 5.41) is 7.72. The van der Waals surface area contributed by atoms with Crippen LogP contribution in [0.15, 0.2) is 41.8 Å². The molecule has 1 atom stereocenters. The van der Waals surface area contributed by atoms with Crippen molar-refractivity contribution in [3.8, 4) is 11.5 Å². The van der Waals surface area contributed by atoms with E-state index in [1.807, 2.05) is 13.8 Å². The number of hydrogen-bond donors (Lipinski definition) is 2. The topological polar surface area (TPSA) is 49.0 Å². The Labute approximate surface area is 199 Å². The number of rotatable bonds is 5. The standard InChI is InChI=1S/C25H34N4O2.C2H6/c1-28-11-5-6-18(16-28)29-12-9-17(10-13-29)26-25-19-7-4-8-21(19)27-22-15-24(31-3)23(30-2)14-20(22)25;1-2/h5-6,14-17,21,26-27H,4,7-13H2,1-3H3;1-2H3. The molecule has 6 nitrogen and oxygen atoms in total. The Kier molecular flexibility index (Phi) is 7.41. The number of nitrogens with zero attached hydrogens (tertiary/aromatic N) is 2. The maximum atomic E-state index is 5.62. The molecule has 1 aliphatic carbocycles. The minimum Gasteiger partial charge on any atom is -0.493 e. The molecule has 1 saturated heterocycles. The van der Waals surface area contributed by atoms with Gasteiger partial charge in [0.1, 0.15) is 0 Å². The predicted molar refractivity (Wildman–Crippen MR) is 137 cm³/mol. The van der Waals surface area contributed by atoms with Crippen molar-refractivity contribution in [2.24, 2.45) is 0 Å². The van der Waals surface area contributed by atoms with E-state index in [4.69, 9.17) is 9.47 Å². The number of anilines is 1. The first-order valence-corrected chi connectivity index (χ1v) is 12.5. The second-order valence-electron chi connectivity index (χ2n) is 9.04. The van der Waals surface area contributed by atoms with Crippen molar-refractivity contribution in [1.29, 1.82) is 0 Å². The van der Waals surface area contributed by atoms with E-state index in [1.54, 1.807) is 14.2 Å². The van der Waals surface area contributed by atoms with Crippen molar-refractivity contribution >= 4 is 11.4 Å². The van der Waals surface area contributed by atoms with Crippen LogP contribution >= 0.6 is 0 Å². The smallest absolute Gasteiger partial charge is 0.162 e. The van der Waals surface area contributed by atoms with Gasteiger partial charge in [-0.2, -0.15) is 0 Å². The van der Waals surface area contributed by atoms with Gasteiger partial charge in [0.15, 0.2) is 11.5 Å². The zero-order valence-corrected chi connectivity index (χ0v) is 20.9. The molecule has 33 heavy (non-hydrogen) atoms. The fraction of sp³-hybridized carbons (Fsp3) is 0.556. The molecule has 0 radical (unpaired) electrons. The molecule has 1 unspecified atom stereocenters. The summed E-state index contributed by atoms with van der Waals surface area (Å²) in [4.78, 5) is 4.77. The largest absolute Gasteiger partial charge is 0.493 e. The molecule has 2 N–H and O–H groups in total. The van der Waals surface area contributed by atoms with E-state index < -0.39 is 0 Å². The molecular formula is C27H40N4O2. The van der Waals surface area contributed by atoms with Gasteiger partial charge in [0, 0.05) is 68.0 Å². The van der Waals surface area contributed by atoms with Gasteiger partial charge in [-0.3, -0.25) is 0 Å². The van der Waals surface area contributed by atoms with Gasteiger partial charge in [0.05, 0.1) is 19.9 Å². The zero-order valence-electron chi connectivity index (χ0n) is 20.9. The normalized spacial score (nSPS) is 22.0.